The zero-order valence-corrected chi connectivity index (χ0v) is 22.8. The summed E-state index contributed by atoms with van der Waals surface area (Å²) in [5.41, 5.74) is -1.21. The van der Waals surface area contributed by atoms with Crippen molar-refractivity contribution in [2.75, 3.05) is 0 Å². The van der Waals surface area contributed by atoms with Crippen molar-refractivity contribution < 1.29 is 19.1 Å². The topological polar surface area (TPSA) is 87.7 Å². The second kappa shape index (κ2) is 9.98. The Labute approximate surface area is 229 Å². The van der Waals surface area contributed by atoms with E-state index in [1.54, 1.807) is 17.0 Å². The van der Waals surface area contributed by atoms with Gasteiger partial charge in [0.25, 0.3) is 0 Å². The molecule has 2 N–H and O–H groups in total. The second-order valence-electron chi connectivity index (χ2n) is 12.1. The number of carbonyl (C=O) groups excluding carboxylic acids is 3. The molecule has 4 fully saturated rings. The Kier molecular flexibility index (Phi) is 6.79. The average Bonchev–Trinajstić information content (AvgIpc) is 3.47. The Bertz CT molecular complexity index is 1130. The molecule has 1 aromatic carbocycles. The fourth-order valence-corrected chi connectivity index (χ4v) is 7.78. The van der Waals surface area contributed by atoms with Crippen LogP contribution in [0.2, 0.25) is 5.02 Å². The van der Waals surface area contributed by atoms with Gasteiger partial charge < -0.3 is 20.3 Å². The lowest BCUT2D eigenvalue weighted by Gasteiger charge is -2.34. The lowest BCUT2D eigenvalue weighted by atomic mass is 9.70. The summed E-state index contributed by atoms with van der Waals surface area (Å²) in [6.45, 7) is 2.14. The summed E-state index contributed by atoms with van der Waals surface area (Å²) in [6, 6.07) is 6.71. The summed E-state index contributed by atoms with van der Waals surface area (Å²) >= 11 is 6.10. The van der Waals surface area contributed by atoms with Crippen molar-refractivity contribution in [2.45, 2.75) is 107 Å². The fraction of sp³-hybridized carbons (Fsp3) is 0.633. The number of rotatable bonds is 6. The van der Waals surface area contributed by atoms with Crippen molar-refractivity contribution in [1.82, 2.24) is 15.5 Å². The first kappa shape index (κ1) is 25.9. The van der Waals surface area contributed by atoms with E-state index in [2.05, 4.69) is 10.6 Å². The van der Waals surface area contributed by atoms with Gasteiger partial charge in [-0.2, -0.15) is 0 Å². The predicted molar refractivity (Wildman–Crippen MR) is 144 cm³/mol. The smallest absolute Gasteiger partial charge is 0.246 e. The van der Waals surface area contributed by atoms with Crippen LogP contribution in [0.4, 0.5) is 0 Å². The number of hydrogen-bond donors (Lipinski definition) is 2. The molecular weight excluding hydrogens is 502 g/mol. The summed E-state index contributed by atoms with van der Waals surface area (Å²) in [4.78, 5) is 43.6. The standard InChI is InChI=1S/C30H38ClN3O4/c1-29-16-17-30(38-29)24(23(29)26(35)32-21-8-4-2-5-9-21)28(37)34(18-19-12-14-20(31)15-13-19)25(30)27(36)33-22-10-6-3-7-11-22/h12-17,21-25H,2-11,18H2,1H3,(H,32,35)(H,33,36)/t23-,24+,25-,29+,30-/m1/s1. The Morgan fingerprint density at radius 3 is 2.11 bits per heavy atom. The molecule has 204 valence electrons. The van der Waals surface area contributed by atoms with Gasteiger partial charge in [-0.1, -0.05) is 74.4 Å². The third kappa shape index (κ3) is 4.36. The number of nitrogens with one attached hydrogen (secondary N) is 2. The maximum atomic E-state index is 14.2. The van der Waals surface area contributed by atoms with Crippen LogP contribution < -0.4 is 10.6 Å². The number of ether oxygens (including phenoxy) is 1. The molecule has 3 aliphatic heterocycles. The van der Waals surface area contributed by atoms with Gasteiger partial charge in [-0.15, -0.1) is 0 Å². The van der Waals surface area contributed by atoms with Gasteiger partial charge in [-0.25, -0.2) is 0 Å². The fourth-order valence-electron chi connectivity index (χ4n) is 7.65. The molecule has 2 bridgehead atoms. The molecule has 2 saturated carbocycles. The lowest BCUT2D eigenvalue weighted by molar-refractivity contribution is -0.146. The monoisotopic (exact) mass is 539 g/mol. The molecule has 5 atom stereocenters. The molecule has 2 saturated heterocycles. The van der Waals surface area contributed by atoms with E-state index in [-0.39, 0.29) is 36.3 Å². The lowest BCUT2D eigenvalue weighted by Crippen LogP contribution is -2.56. The molecule has 1 spiro atoms. The Morgan fingerprint density at radius 2 is 1.50 bits per heavy atom. The molecule has 6 rings (SSSR count). The van der Waals surface area contributed by atoms with Crippen molar-refractivity contribution in [1.29, 1.82) is 0 Å². The van der Waals surface area contributed by atoms with Crippen LogP contribution in [0.25, 0.3) is 0 Å². The van der Waals surface area contributed by atoms with Crippen LogP contribution in [0.3, 0.4) is 0 Å². The SMILES string of the molecule is C[C@@]12C=C[C@@]3(O1)[C@H](C(=O)N(Cc1ccc(Cl)cc1)[C@@H]3C(=O)NC1CCCCC1)[C@@H]2C(=O)NC1CCCCC1. The van der Waals surface area contributed by atoms with Crippen LogP contribution in [0.15, 0.2) is 36.4 Å². The summed E-state index contributed by atoms with van der Waals surface area (Å²) in [6.07, 6.45) is 14.4. The Hall–Kier alpha value is -2.38. The number of halogens is 1. The van der Waals surface area contributed by atoms with E-state index in [0.29, 0.717) is 5.02 Å². The van der Waals surface area contributed by atoms with Gasteiger partial charge in [0, 0.05) is 23.7 Å². The maximum absolute atomic E-state index is 14.2. The molecule has 3 amide bonds. The van der Waals surface area contributed by atoms with Gasteiger partial charge in [0.05, 0.1) is 17.4 Å². The molecule has 5 aliphatic rings. The van der Waals surface area contributed by atoms with Crippen molar-refractivity contribution in [3.05, 3.63) is 47.0 Å². The zero-order chi connectivity index (χ0) is 26.5. The van der Waals surface area contributed by atoms with E-state index in [4.69, 9.17) is 16.3 Å². The van der Waals surface area contributed by atoms with Crippen molar-refractivity contribution in [3.8, 4) is 0 Å². The van der Waals surface area contributed by atoms with Crippen LogP contribution in [0.5, 0.6) is 0 Å². The first-order valence-electron chi connectivity index (χ1n) is 14.4. The molecule has 0 unspecified atom stereocenters. The summed E-state index contributed by atoms with van der Waals surface area (Å²) in [5.74, 6) is -1.94. The first-order chi connectivity index (χ1) is 18.3. The van der Waals surface area contributed by atoms with Gasteiger partial charge >= 0.3 is 0 Å². The van der Waals surface area contributed by atoms with E-state index in [1.807, 2.05) is 31.2 Å². The number of amides is 3. The van der Waals surface area contributed by atoms with Crippen LogP contribution >= 0.6 is 11.6 Å². The number of nitrogens with zero attached hydrogens (tertiary/aromatic N) is 1. The van der Waals surface area contributed by atoms with E-state index in [9.17, 15) is 14.4 Å². The summed E-state index contributed by atoms with van der Waals surface area (Å²) in [5, 5.41) is 7.10. The van der Waals surface area contributed by atoms with Crippen LogP contribution in [0.1, 0.15) is 76.7 Å². The predicted octanol–water partition coefficient (Wildman–Crippen LogP) is 4.28. The summed E-state index contributed by atoms with van der Waals surface area (Å²) < 4.78 is 6.66. The van der Waals surface area contributed by atoms with Gasteiger partial charge in [0.15, 0.2) is 0 Å². The minimum atomic E-state index is -1.16. The number of hydrogen-bond acceptors (Lipinski definition) is 4. The minimum Gasteiger partial charge on any atom is -0.356 e. The normalized spacial score (nSPS) is 34.9. The van der Waals surface area contributed by atoms with E-state index >= 15 is 0 Å². The van der Waals surface area contributed by atoms with Crippen molar-refractivity contribution in [2.24, 2.45) is 11.8 Å². The number of fused-ring (bicyclic) bond motifs is 1. The highest BCUT2D eigenvalue weighted by atomic mass is 35.5. The van der Waals surface area contributed by atoms with Gasteiger partial charge in [-0.05, 0) is 50.3 Å². The highest BCUT2D eigenvalue weighted by Crippen LogP contribution is 2.60. The molecule has 3 heterocycles. The average molecular weight is 540 g/mol. The third-order valence-electron chi connectivity index (χ3n) is 9.50. The van der Waals surface area contributed by atoms with Crippen molar-refractivity contribution >= 4 is 29.3 Å². The number of benzene rings is 1. The maximum Gasteiger partial charge on any atom is 0.246 e. The van der Waals surface area contributed by atoms with Gasteiger partial charge in [-0.3, -0.25) is 14.4 Å². The number of likely N-dealkylation sites (tertiary alicyclic amines) is 1. The quantitative estimate of drug-likeness (QED) is 0.528. The van der Waals surface area contributed by atoms with E-state index < -0.39 is 29.1 Å². The molecule has 8 heteroatoms. The molecule has 38 heavy (non-hydrogen) atoms. The summed E-state index contributed by atoms with van der Waals surface area (Å²) in [7, 11) is 0. The second-order valence-corrected chi connectivity index (χ2v) is 12.5. The largest absolute Gasteiger partial charge is 0.356 e. The molecule has 7 nitrogen and oxygen atoms in total. The highest BCUT2D eigenvalue weighted by molar-refractivity contribution is 6.30. The first-order valence-corrected chi connectivity index (χ1v) is 14.7. The molecule has 0 radical (unpaired) electrons. The Balaban J connectivity index is 1.33. The zero-order valence-electron chi connectivity index (χ0n) is 22.1. The third-order valence-corrected chi connectivity index (χ3v) is 9.75. The molecule has 1 aromatic rings. The van der Waals surface area contributed by atoms with E-state index in [1.165, 1.54) is 12.8 Å². The van der Waals surface area contributed by atoms with E-state index in [0.717, 1.165) is 56.9 Å². The van der Waals surface area contributed by atoms with Crippen LogP contribution in [-0.4, -0.2) is 51.9 Å². The van der Waals surface area contributed by atoms with Crippen LogP contribution in [0, 0.1) is 11.8 Å². The van der Waals surface area contributed by atoms with Crippen molar-refractivity contribution in [3.63, 3.8) is 0 Å². The van der Waals surface area contributed by atoms with Gasteiger partial charge in [0.2, 0.25) is 17.7 Å². The molecular formula is C30H38ClN3O4. The highest BCUT2D eigenvalue weighted by Gasteiger charge is 2.76. The van der Waals surface area contributed by atoms with Crippen LogP contribution in [-0.2, 0) is 25.7 Å². The van der Waals surface area contributed by atoms with Gasteiger partial charge in [0.1, 0.15) is 11.6 Å². The Morgan fingerprint density at radius 1 is 0.921 bits per heavy atom. The molecule has 2 aliphatic carbocycles. The minimum absolute atomic E-state index is 0.0998. The number of carbonyl (C=O) groups is 3. The molecule has 0 aromatic heterocycles.